The zero-order valence-electron chi connectivity index (χ0n) is 21.0. The molecular weight excluding hydrogens is 444 g/mol. The Bertz CT molecular complexity index is 870. The van der Waals surface area contributed by atoms with Gasteiger partial charge in [-0.15, -0.1) is 0 Å². The Morgan fingerprint density at radius 2 is 1.62 bits per heavy atom. The Hall–Kier alpha value is -2.47. The monoisotopic (exact) mass is 484 g/mol. The zero-order chi connectivity index (χ0) is 24.6. The number of unbranched alkanes of at least 4 members (excludes halogenated alkanes) is 5. The molecule has 0 aliphatic rings. The first-order valence-electron chi connectivity index (χ1n) is 12.6. The van der Waals surface area contributed by atoms with E-state index in [9.17, 15) is 9.59 Å². The van der Waals surface area contributed by atoms with Crippen LogP contribution in [0.1, 0.15) is 71.3 Å². The molecule has 2 aromatic rings. The van der Waals surface area contributed by atoms with Crippen LogP contribution in [0.4, 0.5) is 10.5 Å². The molecule has 0 saturated heterocycles. The molecule has 0 aliphatic heterocycles. The first kappa shape index (κ1) is 27.8. The fourth-order valence-electron chi connectivity index (χ4n) is 3.59. The van der Waals surface area contributed by atoms with E-state index in [-0.39, 0.29) is 18.4 Å². The quantitative estimate of drug-likeness (QED) is 0.214. The average molecular weight is 485 g/mol. The summed E-state index contributed by atoms with van der Waals surface area (Å²) in [4.78, 5) is 28.7. The number of hydrogen-bond donors (Lipinski definition) is 1. The summed E-state index contributed by atoms with van der Waals surface area (Å²) in [5.74, 6) is -0.206. The minimum atomic E-state index is -0.206. The Kier molecular flexibility index (Phi) is 13.2. The third-order valence-corrected chi connectivity index (χ3v) is 6.48. The van der Waals surface area contributed by atoms with Crippen molar-refractivity contribution >= 4 is 29.4 Å². The van der Waals surface area contributed by atoms with Gasteiger partial charge in [0, 0.05) is 28.6 Å². The van der Waals surface area contributed by atoms with E-state index < -0.39 is 0 Å². The van der Waals surface area contributed by atoms with Crippen LogP contribution in [0.15, 0.2) is 58.3 Å². The van der Waals surface area contributed by atoms with Gasteiger partial charge in [-0.3, -0.25) is 9.69 Å². The Labute approximate surface area is 209 Å². The van der Waals surface area contributed by atoms with Crippen molar-refractivity contribution in [2.45, 2.75) is 81.9 Å². The van der Waals surface area contributed by atoms with Crippen LogP contribution in [0.5, 0.6) is 0 Å². The summed E-state index contributed by atoms with van der Waals surface area (Å²) in [7, 11) is 0. The molecule has 0 atom stereocenters. The van der Waals surface area contributed by atoms with Gasteiger partial charge in [0.05, 0.1) is 13.0 Å². The number of carbonyl (C=O) groups excluding carboxylic acids is 2. The molecule has 186 valence electrons. The predicted molar refractivity (Wildman–Crippen MR) is 142 cm³/mol. The molecule has 0 bridgehead atoms. The molecule has 6 heteroatoms. The van der Waals surface area contributed by atoms with E-state index in [4.69, 9.17) is 4.74 Å². The van der Waals surface area contributed by atoms with Crippen molar-refractivity contribution in [2.75, 3.05) is 24.6 Å². The van der Waals surface area contributed by atoms with Crippen molar-refractivity contribution in [2.24, 2.45) is 0 Å². The van der Waals surface area contributed by atoms with Crippen LogP contribution < -0.4 is 10.2 Å². The Morgan fingerprint density at radius 3 is 2.32 bits per heavy atom. The first-order valence-corrected chi connectivity index (χ1v) is 13.5. The fourth-order valence-corrected chi connectivity index (χ4v) is 4.46. The number of nitrogens with one attached hydrogen (secondary N) is 1. The third kappa shape index (κ3) is 10.2. The SMILES string of the molecule is CCCCCCCNC(=O)N(CCCC)c1cccc(Sc2ccc(CC(=O)OCC)cc2)c1. The lowest BCUT2D eigenvalue weighted by molar-refractivity contribution is -0.142. The van der Waals surface area contributed by atoms with Crippen LogP contribution in [-0.4, -0.2) is 31.7 Å². The minimum absolute atomic E-state index is 0.0191. The van der Waals surface area contributed by atoms with Crippen molar-refractivity contribution in [3.05, 3.63) is 54.1 Å². The van der Waals surface area contributed by atoms with Gasteiger partial charge in [-0.25, -0.2) is 4.79 Å². The summed E-state index contributed by atoms with van der Waals surface area (Å²) in [5.41, 5.74) is 1.86. The van der Waals surface area contributed by atoms with E-state index >= 15 is 0 Å². The van der Waals surface area contributed by atoms with Gasteiger partial charge in [0.1, 0.15) is 0 Å². The number of carbonyl (C=O) groups is 2. The molecule has 0 radical (unpaired) electrons. The van der Waals surface area contributed by atoms with Crippen molar-refractivity contribution in [1.29, 1.82) is 0 Å². The molecule has 34 heavy (non-hydrogen) atoms. The molecule has 0 spiro atoms. The lowest BCUT2D eigenvalue weighted by atomic mass is 10.1. The number of urea groups is 1. The van der Waals surface area contributed by atoms with Gasteiger partial charge in [-0.05, 0) is 55.7 Å². The van der Waals surface area contributed by atoms with E-state index in [1.165, 1.54) is 19.3 Å². The van der Waals surface area contributed by atoms with Crippen LogP contribution in [0.3, 0.4) is 0 Å². The summed E-state index contributed by atoms with van der Waals surface area (Å²) in [5, 5.41) is 3.11. The lowest BCUT2D eigenvalue weighted by Gasteiger charge is -2.23. The highest BCUT2D eigenvalue weighted by molar-refractivity contribution is 7.99. The molecule has 5 nitrogen and oxygen atoms in total. The summed E-state index contributed by atoms with van der Waals surface area (Å²) in [6, 6.07) is 16.1. The van der Waals surface area contributed by atoms with Gasteiger partial charge in [-0.1, -0.05) is 75.9 Å². The van der Waals surface area contributed by atoms with Gasteiger partial charge in [-0.2, -0.15) is 0 Å². The fraction of sp³-hybridized carbons (Fsp3) is 0.500. The van der Waals surface area contributed by atoms with Crippen molar-refractivity contribution < 1.29 is 14.3 Å². The highest BCUT2D eigenvalue weighted by Crippen LogP contribution is 2.31. The van der Waals surface area contributed by atoms with Crippen molar-refractivity contribution in [1.82, 2.24) is 5.32 Å². The summed E-state index contributed by atoms with van der Waals surface area (Å²) in [6.07, 6.45) is 8.18. The van der Waals surface area contributed by atoms with Gasteiger partial charge < -0.3 is 10.1 Å². The molecule has 0 aliphatic carbocycles. The largest absolute Gasteiger partial charge is 0.466 e. The normalized spacial score (nSPS) is 10.7. The molecule has 0 unspecified atom stereocenters. The van der Waals surface area contributed by atoms with Gasteiger partial charge in [0.2, 0.25) is 0 Å². The van der Waals surface area contributed by atoms with Crippen LogP contribution in [0, 0.1) is 0 Å². The van der Waals surface area contributed by atoms with E-state index in [0.717, 1.165) is 53.3 Å². The van der Waals surface area contributed by atoms with Gasteiger partial charge >= 0.3 is 12.0 Å². The standard InChI is InChI=1S/C28H40N2O3S/c1-4-7-9-10-11-19-29-28(32)30(20-8-5-2)24-13-12-14-26(22-24)34-25-17-15-23(16-18-25)21-27(31)33-6-3/h12-18,22H,4-11,19-21H2,1-3H3,(H,29,32). The molecule has 2 amide bonds. The maximum absolute atomic E-state index is 13.0. The number of rotatable bonds is 15. The van der Waals surface area contributed by atoms with Gasteiger partial charge in [0.15, 0.2) is 0 Å². The van der Waals surface area contributed by atoms with Crippen LogP contribution in [0.2, 0.25) is 0 Å². The number of nitrogens with zero attached hydrogens (tertiary/aromatic N) is 1. The van der Waals surface area contributed by atoms with E-state index in [1.54, 1.807) is 11.8 Å². The Balaban J connectivity index is 2.00. The number of esters is 1. The van der Waals surface area contributed by atoms with E-state index in [2.05, 4.69) is 31.3 Å². The number of benzene rings is 2. The Morgan fingerprint density at radius 1 is 0.882 bits per heavy atom. The molecule has 0 fully saturated rings. The maximum atomic E-state index is 13.0. The molecule has 0 aromatic heterocycles. The summed E-state index contributed by atoms with van der Waals surface area (Å²) < 4.78 is 5.02. The predicted octanol–water partition coefficient (Wildman–Crippen LogP) is 7.23. The highest BCUT2D eigenvalue weighted by atomic mass is 32.2. The number of hydrogen-bond acceptors (Lipinski definition) is 4. The third-order valence-electron chi connectivity index (χ3n) is 5.48. The molecule has 2 rings (SSSR count). The second-order valence-electron chi connectivity index (χ2n) is 8.38. The summed E-state index contributed by atoms with van der Waals surface area (Å²) >= 11 is 1.65. The molecular formula is C28H40N2O3S. The van der Waals surface area contributed by atoms with Gasteiger partial charge in [0.25, 0.3) is 0 Å². The first-order chi connectivity index (χ1) is 16.6. The second kappa shape index (κ2) is 16.2. The lowest BCUT2D eigenvalue weighted by Crippen LogP contribution is -2.41. The minimum Gasteiger partial charge on any atom is -0.466 e. The maximum Gasteiger partial charge on any atom is 0.321 e. The van der Waals surface area contributed by atoms with E-state index in [0.29, 0.717) is 13.2 Å². The van der Waals surface area contributed by atoms with Crippen molar-refractivity contribution in [3.63, 3.8) is 0 Å². The van der Waals surface area contributed by atoms with Crippen LogP contribution >= 0.6 is 11.8 Å². The molecule has 2 aromatic carbocycles. The number of ether oxygens (including phenoxy) is 1. The van der Waals surface area contributed by atoms with Crippen LogP contribution in [0.25, 0.3) is 0 Å². The molecule has 0 saturated carbocycles. The van der Waals surface area contributed by atoms with Crippen molar-refractivity contribution in [3.8, 4) is 0 Å². The van der Waals surface area contributed by atoms with E-state index in [1.807, 2.05) is 48.2 Å². The molecule has 0 heterocycles. The molecule has 1 N–H and O–H groups in total. The smallest absolute Gasteiger partial charge is 0.321 e. The summed E-state index contributed by atoms with van der Waals surface area (Å²) in [6.45, 7) is 7.98. The average Bonchev–Trinajstić information content (AvgIpc) is 2.83. The van der Waals surface area contributed by atoms with Crippen LogP contribution in [-0.2, 0) is 16.0 Å². The number of anilines is 1. The second-order valence-corrected chi connectivity index (χ2v) is 9.52. The zero-order valence-corrected chi connectivity index (χ0v) is 21.8. The topological polar surface area (TPSA) is 58.6 Å². The number of amides is 2. The highest BCUT2D eigenvalue weighted by Gasteiger charge is 2.15.